The molecule has 25 heavy (non-hydrogen) atoms. The maximum absolute atomic E-state index is 5.88. The lowest BCUT2D eigenvalue weighted by atomic mass is 10.1. The Balaban J connectivity index is 1.96. The summed E-state index contributed by atoms with van der Waals surface area (Å²) in [5, 5.41) is 4.40. The molecule has 0 aliphatic heterocycles. The van der Waals surface area contributed by atoms with Crippen LogP contribution in [0.15, 0.2) is 22.9 Å². The van der Waals surface area contributed by atoms with Crippen molar-refractivity contribution in [1.82, 2.24) is 19.7 Å². The molecule has 3 rings (SSSR count). The van der Waals surface area contributed by atoms with E-state index in [1.165, 1.54) is 0 Å². The fourth-order valence-corrected chi connectivity index (χ4v) is 2.74. The minimum absolute atomic E-state index is 0.514. The molecule has 2 heterocycles. The van der Waals surface area contributed by atoms with E-state index in [1.54, 1.807) is 25.2 Å². The first-order valence-electron chi connectivity index (χ1n) is 8.13. The van der Waals surface area contributed by atoms with Crippen molar-refractivity contribution in [3.63, 3.8) is 0 Å². The Kier molecular flexibility index (Phi) is 4.74. The summed E-state index contributed by atoms with van der Waals surface area (Å²) in [6, 6.07) is 3.78. The molecule has 2 aromatic heterocycles. The number of hydrogen-bond acceptors (Lipinski definition) is 6. The highest BCUT2D eigenvalue weighted by molar-refractivity contribution is 5.68. The first kappa shape index (κ1) is 17.0. The van der Waals surface area contributed by atoms with Crippen molar-refractivity contribution in [3.8, 4) is 23.0 Å². The fraction of sp³-hybridized carbons (Fsp3) is 0.389. The Bertz CT molecular complexity index is 883. The number of ether oxygens (including phenoxy) is 2. The zero-order valence-electron chi connectivity index (χ0n) is 15.2. The Morgan fingerprint density at radius 3 is 2.60 bits per heavy atom. The van der Waals surface area contributed by atoms with E-state index < -0.39 is 0 Å². The third-order valence-corrected chi connectivity index (χ3v) is 4.12. The van der Waals surface area contributed by atoms with Crippen molar-refractivity contribution >= 4 is 0 Å². The highest BCUT2D eigenvalue weighted by Crippen LogP contribution is 2.37. The molecule has 0 aliphatic carbocycles. The second-order valence-electron chi connectivity index (χ2n) is 5.71. The van der Waals surface area contributed by atoms with Crippen molar-refractivity contribution in [3.05, 3.63) is 41.3 Å². The summed E-state index contributed by atoms with van der Waals surface area (Å²) in [7, 11) is 3.27. The van der Waals surface area contributed by atoms with Crippen molar-refractivity contribution < 1.29 is 13.9 Å². The SMILES string of the molecule is CCc1ncn(Cc2nc(-c3ccc(OC)c(C)c3OC)oc2C)n1. The van der Waals surface area contributed by atoms with Gasteiger partial charge in [0.1, 0.15) is 35.1 Å². The molecule has 0 spiro atoms. The lowest BCUT2D eigenvalue weighted by Crippen LogP contribution is -2.02. The molecule has 7 nitrogen and oxygen atoms in total. The van der Waals surface area contributed by atoms with Gasteiger partial charge in [0.2, 0.25) is 5.89 Å². The Labute approximate surface area is 146 Å². The van der Waals surface area contributed by atoms with E-state index in [2.05, 4.69) is 15.1 Å². The summed E-state index contributed by atoms with van der Waals surface area (Å²) in [6.07, 6.45) is 2.52. The number of benzene rings is 1. The van der Waals surface area contributed by atoms with Crippen LogP contribution in [0.1, 0.15) is 29.8 Å². The second kappa shape index (κ2) is 6.96. The largest absolute Gasteiger partial charge is 0.496 e. The van der Waals surface area contributed by atoms with Crippen LogP contribution < -0.4 is 9.47 Å². The maximum Gasteiger partial charge on any atom is 0.230 e. The molecule has 0 N–H and O–H groups in total. The summed E-state index contributed by atoms with van der Waals surface area (Å²) in [6.45, 7) is 6.38. The van der Waals surface area contributed by atoms with Crippen LogP contribution in [0, 0.1) is 13.8 Å². The average molecular weight is 342 g/mol. The standard InChI is InChI=1S/C18H22N4O3/c1-6-16-19-10-22(21-16)9-14-12(3)25-18(20-14)13-7-8-15(23-4)11(2)17(13)24-5/h7-8,10H,6,9H2,1-5H3. The first-order valence-corrected chi connectivity index (χ1v) is 8.13. The molecule has 0 bridgehead atoms. The van der Waals surface area contributed by atoms with Gasteiger partial charge in [-0.05, 0) is 26.0 Å². The summed E-state index contributed by atoms with van der Waals surface area (Å²) >= 11 is 0. The molecule has 0 atom stereocenters. The van der Waals surface area contributed by atoms with E-state index in [1.807, 2.05) is 32.9 Å². The predicted octanol–water partition coefficient (Wildman–Crippen LogP) is 3.18. The predicted molar refractivity (Wildman–Crippen MR) is 93.0 cm³/mol. The van der Waals surface area contributed by atoms with Gasteiger partial charge in [-0.3, -0.25) is 0 Å². The van der Waals surface area contributed by atoms with E-state index in [-0.39, 0.29) is 0 Å². The minimum atomic E-state index is 0.514. The molecule has 3 aromatic rings. The fourth-order valence-electron chi connectivity index (χ4n) is 2.74. The molecule has 0 radical (unpaired) electrons. The Hall–Kier alpha value is -2.83. The van der Waals surface area contributed by atoms with Gasteiger partial charge < -0.3 is 13.9 Å². The molecule has 132 valence electrons. The third-order valence-electron chi connectivity index (χ3n) is 4.12. The van der Waals surface area contributed by atoms with Crippen LogP contribution in [0.25, 0.3) is 11.5 Å². The van der Waals surface area contributed by atoms with Crippen molar-refractivity contribution in [2.45, 2.75) is 33.7 Å². The van der Waals surface area contributed by atoms with Gasteiger partial charge in [-0.25, -0.2) is 14.6 Å². The van der Waals surface area contributed by atoms with Crippen LogP contribution >= 0.6 is 0 Å². The van der Waals surface area contributed by atoms with E-state index >= 15 is 0 Å². The van der Waals surface area contributed by atoms with E-state index in [0.29, 0.717) is 18.2 Å². The smallest absolute Gasteiger partial charge is 0.230 e. The van der Waals surface area contributed by atoms with Gasteiger partial charge in [0.25, 0.3) is 0 Å². The van der Waals surface area contributed by atoms with Gasteiger partial charge in [-0.1, -0.05) is 6.92 Å². The molecule has 0 aliphatic rings. The molecule has 7 heteroatoms. The van der Waals surface area contributed by atoms with E-state index in [4.69, 9.17) is 13.9 Å². The number of nitrogens with zero attached hydrogens (tertiary/aromatic N) is 4. The van der Waals surface area contributed by atoms with Gasteiger partial charge in [0.15, 0.2) is 0 Å². The number of methoxy groups -OCH3 is 2. The summed E-state index contributed by atoms with van der Waals surface area (Å²) in [5.74, 6) is 3.54. The first-order chi connectivity index (χ1) is 12.1. The third kappa shape index (κ3) is 3.22. The summed E-state index contributed by atoms with van der Waals surface area (Å²) in [5.41, 5.74) is 2.52. The Morgan fingerprint density at radius 2 is 1.96 bits per heavy atom. The zero-order valence-corrected chi connectivity index (χ0v) is 15.2. The van der Waals surface area contributed by atoms with Gasteiger partial charge >= 0.3 is 0 Å². The molecule has 0 fully saturated rings. The molecule has 0 amide bonds. The molecule has 0 unspecified atom stereocenters. The molecule has 1 aromatic carbocycles. The molecular weight excluding hydrogens is 320 g/mol. The van der Waals surface area contributed by atoms with Crippen LogP contribution in [0.5, 0.6) is 11.5 Å². The average Bonchev–Trinajstić information content (AvgIpc) is 3.21. The maximum atomic E-state index is 5.88. The normalized spacial score (nSPS) is 10.9. The molecular formula is C18H22N4O3. The number of oxazole rings is 1. The lowest BCUT2D eigenvalue weighted by molar-refractivity contribution is 0.388. The van der Waals surface area contributed by atoms with Crippen LogP contribution in [0.2, 0.25) is 0 Å². The number of rotatable bonds is 6. The topological polar surface area (TPSA) is 75.2 Å². The zero-order chi connectivity index (χ0) is 18.0. The van der Waals surface area contributed by atoms with E-state index in [9.17, 15) is 0 Å². The van der Waals surface area contributed by atoms with Crippen LogP contribution in [0.3, 0.4) is 0 Å². The summed E-state index contributed by atoms with van der Waals surface area (Å²) < 4.78 is 18.6. The van der Waals surface area contributed by atoms with Crippen molar-refractivity contribution in [2.24, 2.45) is 0 Å². The quantitative estimate of drug-likeness (QED) is 0.685. The van der Waals surface area contributed by atoms with Crippen molar-refractivity contribution in [1.29, 1.82) is 0 Å². The van der Waals surface area contributed by atoms with Crippen LogP contribution in [-0.4, -0.2) is 34.0 Å². The second-order valence-corrected chi connectivity index (χ2v) is 5.71. The number of aryl methyl sites for hydroxylation is 2. The van der Waals surface area contributed by atoms with Gasteiger partial charge in [-0.15, -0.1) is 0 Å². The lowest BCUT2D eigenvalue weighted by Gasteiger charge is -2.12. The monoisotopic (exact) mass is 342 g/mol. The van der Waals surface area contributed by atoms with E-state index in [0.717, 1.165) is 40.6 Å². The summed E-state index contributed by atoms with van der Waals surface area (Å²) in [4.78, 5) is 8.88. The number of aromatic nitrogens is 4. The molecule has 0 saturated heterocycles. The molecule has 0 saturated carbocycles. The van der Waals surface area contributed by atoms with Gasteiger partial charge in [0, 0.05) is 12.0 Å². The Morgan fingerprint density at radius 1 is 1.16 bits per heavy atom. The number of hydrogen-bond donors (Lipinski definition) is 0. The highest BCUT2D eigenvalue weighted by Gasteiger charge is 2.19. The minimum Gasteiger partial charge on any atom is -0.496 e. The van der Waals surface area contributed by atoms with Gasteiger partial charge in [0.05, 0.1) is 26.3 Å². The highest BCUT2D eigenvalue weighted by atomic mass is 16.5. The van der Waals surface area contributed by atoms with Crippen molar-refractivity contribution in [2.75, 3.05) is 14.2 Å². The van der Waals surface area contributed by atoms with Gasteiger partial charge in [-0.2, -0.15) is 5.10 Å². The van der Waals surface area contributed by atoms with Crippen LogP contribution in [-0.2, 0) is 13.0 Å². The van der Waals surface area contributed by atoms with Crippen LogP contribution in [0.4, 0.5) is 0 Å².